The van der Waals surface area contributed by atoms with E-state index in [2.05, 4.69) is 10.3 Å². The Morgan fingerprint density at radius 2 is 2.08 bits per heavy atom. The smallest absolute Gasteiger partial charge is 0.312 e. The normalized spacial score (nSPS) is 12.0. The number of nitrogens with one attached hydrogen (secondary N) is 1. The zero-order valence-corrected chi connectivity index (χ0v) is 15.3. The summed E-state index contributed by atoms with van der Waals surface area (Å²) in [6.45, 7) is 0.436. The van der Waals surface area contributed by atoms with Gasteiger partial charge in [-0.2, -0.15) is 0 Å². The monoisotopic (exact) mass is 374 g/mol. The summed E-state index contributed by atoms with van der Waals surface area (Å²) in [6, 6.07) is 10.6. The van der Waals surface area contributed by atoms with Gasteiger partial charge in [-0.3, -0.25) is 4.79 Å². The second kappa shape index (κ2) is 7.62. The van der Waals surface area contributed by atoms with E-state index in [-0.39, 0.29) is 12.3 Å². The Labute approximate surface area is 153 Å². The Balaban J connectivity index is 1.67. The molecule has 2 aromatic heterocycles. The summed E-state index contributed by atoms with van der Waals surface area (Å²) in [5.74, 6) is -0.0774. The van der Waals surface area contributed by atoms with Gasteiger partial charge in [0, 0.05) is 11.9 Å². The highest BCUT2D eigenvalue weighted by Crippen LogP contribution is 2.25. The first kappa shape index (κ1) is 17.4. The van der Waals surface area contributed by atoms with E-state index in [1.54, 1.807) is 23.3 Å². The number of fused-ring (bicyclic) bond motifs is 1. The number of thiophene rings is 1. The molecule has 2 heterocycles. The molecular weight excluding hydrogens is 356 g/mol. The maximum atomic E-state index is 12.6. The third kappa shape index (κ3) is 4.34. The van der Waals surface area contributed by atoms with Gasteiger partial charge in [-0.15, -0.1) is 22.7 Å². The first-order valence-electron chi connectivity index (χ1n) is 7.70. The third-order valence-corrected chi connectivity index (χ3v) is 5.73. The van der Waals surface area contributed by atoms with Crippen LogP contribution in [0.4, 0.5) is 4.79 Å². The molecule has 8 heteroatoms. The Morgan fingerprint density at radius 3 is 2.76 bits per heavy atom. The fourth-order valence-corrected chi connectivity index (χ4v) is 4.29. The summed E-state index contributed by atoms with van der Waals surface area (Å²) in [6.07, 6.45) is 0.158. The molecule has 3 aromatic rings. The Morgan fingerprint density at radius 1 is 1.28 bits per heavy atom. The zero-order valence-electron chi connectivity index (χ0n) is 13.6. The molecule has 1 aromatic carbocycles. The minimum absolute atomic E-state index is 0.0774. The number of urea groups is 1. The van der Waals surface area contributed by atoms with E-state index in [1.165, 1.54) is 11.3 Å². The van der Waals surface area contributed by atoms with E-state index in [0.29, 0.717) is 6.54 Å². The molecule has 130 valence electrons. The van der Waals surface area contributed by atoms with Crippen LogP contribution in [0.15, 0.2) is 41.8 Å². The van der Waals surface area contributed by atoms with Crippen LogP contribution in [0.25, 0.3) is 10.2 Å². The quantitative estimate of drug-likeness (QED) is 0.695. The summed E-state index contributed by atoms with van der Waals surface area (Å²) in [7, 11) is 1.74. The van der Waals surface area contributed by atoms with Crippen molar-refractivity contribution in [1.29, 1.82) is 0 Å². The molecule has 1 unspecified atom stereocenters. The summed E-state index contributed by atoms with van der Waals surface area (Å²) in [4.78, 5) is 30.9. The van der Waals surface area contributed by atoms with Crippen LogP contribution in [0.1, 0.15) is 22.3 Å². The van der Waals surface area contributed by atoms with Crippen molar-refractivity contribution in [2.24, 2.45) is 5.73 Å². The number of para-hydroxylation sites is 1. The van der Waals surface area contributed by atoms with Crippen LogP contribution in [-0.2, 0) is 11.3 Å². The number of carbonyl (C=O) groups is 2. The summed E-state index contributed by atoms with van der Waals surface area (Å²) >= 11 is 3.06. The maximum Gasteiger partial charge on any atom is 0.312 e. The number of amides is 3. The van der Waals surface area contributed by atoms with Gasteiger partial charge in [0.05, 0.1) is 29.2 Å². The van der Waals surface area contributed by atoms with E-state index in [4.69, 9.17) is 5.73 Å². The molecule has 0 spiro atoms. The van der Waals surface area contributed by atoms with Crippen molar-refractivity contribution < 1.29 is 9.59 Å². The lowest BCUT2D eigenvalue weighted by Crippen LogP contribution is -2.36. The van der Waals surface area contributed by atoms with Crippen molar-refractivity contribution in [2.45, 2.75) is 19.0 Å². The van der Waals surface area contributed by atoms with Crippen LogP contribution in [0.5, 0.6) is 0 Å². The Bertz CT molecular complexity index is 843. The molecule has 0 saturated carbocycles. The minimum Gasteiger partial charge on any atom is -0.352 e. The molecule has 0 radical (unpaired) electrons. The van der Waals surface area contributed by atoms with Gasteiger partial charge in [0.25, 0.3) is 0 Å². The molecule has 25 heavy (non-hydrogen) atoms. The standard InChI is InChI=1S/C17H18N4O2S2/c1-21(10-15-19-11-5-2-3-6-14(11)25-15)16(22)9-12(20-17(18)23)13-7-4-8-24-13/h2-8,12H,9-10H2,1H3,(H3,18,20,23). The number of primary amides is 1. The van der Waals surface area contributed by atoms with Crippen LogP contribution < -0.4 is 11.1 Å². The second-order valence-corrected chi connectivity index (χ2v) is 7.70. The predicted octanol–water partition coefficient (Wildman–Crippen LogP) is 3.12. The van der Waals surface area contributed by atoms with Crippen LogP contribution in [0.3, 0.4) is 0 Å². The van der Waals surface area contributed by atoms with Crippen molar-refractivity contribution >= 4 is 44.8 Å². The number of nitrogens with two attached hydrogens (primary N) is 1. The predicted molar refractivity (Wildman–Crippen MR) is 100 cm³/mol. The highest BCUT2D eigenvalue weighted by molar-refractivity contribution is 7.18. The molecule has 0 aliphatic rings. The molecule has 0 saturated heterocycles. The number of nitrogens with zero attached hydrogens (tertiary/aromatic N) is 2. The van der Waals surface area contributed by atoms with E-state index in [9.17, 15) is 9.59 Å². The number of aromatic nitrogens is 1. The number of carbonyl (C=O) groups excluding carboxylic acids is 2. The average Bonchev–Trinajstić information content (AvgIpc) is 3.22. The molecule has 0 fully saturated rings. The molecule has 0 bridgehead atoms. The van der Waals surface area contributed by atoms with Crippen LogP contribution in [0, 0.1) is 0 Å². The van der Waals surface area contributed by atoms with Crippen molar-refractivity contribution in [2.75, 3.05) is 7.05 Å². The highest BCUT2D eigenvalue weighted by Gasteiger charge is 2.21. The molecule has 0 aliphatic heterocycles. The van der Waals surface area contributed by atoms with Gasteiger partial charge in [0.15, 0.2) is 0 Å². The summed E-state index contributed by atoms with van der Waals surface area (Å²) in [5, 5.41) is 5.43. The molecule has 0 aliphatic carbocycles. The van der Waals surface area contributed by atoms with Crippen molar-refractivity contribution in [3.05, 3.63) is 51.7 Å². The number of hydrogen-bond acceptors (Lipinski definition) is 5. The van der Waals surface area contributed by atoms with E-state index < -0.39 is 12.1 Å². The first-order valence-corrected chi connectivity index (χ1v) is 9.40. The molecule has 3 rings (SSSR count). The fourth-order valence-electron chi connectivity index (χ4n) is 2.49. The Hall–Kier alpha value is -2.45. The van der Waals surface area contributed by atoms with Gasteiger partial charge >= 0.3 is 6.03 Å². The Kier molecular flexibility index (Phi) is 5.30. The first-order chi connectivity index (χ1) is 12.0. The molecule has 1 atom stereocenters. The maximum absolute atomic E-state index is 12.6. The van der Waals surface area contributed by atoms with Crippen LogP contribution in [0.2, 0.25) is 0 Å². The zero-order chi connectivity index (χ0) is 17.8. The van der Waals surface area contributed by atoms with Gasteiger partial charge < -0.3 is 16.0 Å². The number of hydrogen-bond donors (Lipinski definition) is 2. The van der Waals surface area contributed by atoms with E-state index >= 15 is 0 Å². The number of thiazole rings is 1. The fraction of sp³-hybridized carbons (Fsp3) is 0.235. The topological polar surface area (TPSA) is 88.3 Å². The van der Waals surface area contributed by atoms with Crippen LogP contribution in [-0.4, -0.2) is 28.9 Å². The lowest BCUT2D eigenvalue weighted by molar-refractivity contribution is -0.130. The third-order valence-electron chi connectivity index (χ3n) is 3.72. The summed E-state index contributed by atoms with van der Waals surface area (Å²) in [5.41, 5.74) is 6.18. The largest absolute Gasteiger partial charge is 0.352 e. The van der Waals surface area contributed by atoms with Gasteiger partial charge in [-0.05, 0) is 23.6 Å². The van der Waals surface area contributed by atoms with Crippen LogP contribution >= 0.6 is 22.7 Å². The van der Waals surface area contributed by atoms with Gasteiger partial charge in [0.1, 0.15) is 5.01 Å². The van der Waals surface area contributed by atoms with Crippen molar-refractivity contribution in [3.63, 3.8) is 0 Å². The summed E-state index contributed by atoms with van der Waals surface area (Å²) < 4.78 is 1.10. The lowest BCUT2D eigenvalue weighted by Gasteiger charge is -2.20. The lowest BCUT2D eigenvalue weighted by atomic mass is 10.1. The van der Waals surface area contributed by atoms with Gasteiger partial charge in [0.2, 0.25) is 5.91 Å². The highest BCUT2D eigenvalue weighted by atomic mass is 32.1. The molecule has 3 amide bonds. The minimum atomic E-state index is -0.639. The second-order valence-electron chi connectivity index (χ2n) is 5.61. The van der Waals surface area contributed by atoms with Gasteiger partial charge in [-0.1, -0.05) is 18.2 Å². The molecule has 6 nitrogen and oxygen atoms in total. The SMILES string of the molecule is CN(Cc1nc2ccccc2s1)C(=O)CC(NC(N)=O)c1cccs1. The number of benzene rings is 1. The number of rotatable bonds is 6. The van der Waals surface area contributed by atoms with Crippen molar-refractivity contribution in [1.82, 2.24) is 15.2 Å². The van der Waals surface area contributed by atoms with Gasteiger partial charge in [-0.25, -0.2) is 9.78 Å². The average molecular weight is 374 g/mol. The van der Waals surface area contributed by atoms with Crippen molar-refractivity contribution in [3.8, 4) is 0 Å². The van der Waals surface area contributed by atoms with E-state index in [0.717, 1.165) is 20.1 Å². The van der Waals surface area contributed by atoms with E-state index in [1.807, 2.05) is 41.8 Å². The molecular formula is C17H18N4O2S2. The molecule has 3 N–H and O–H groups in total.